The largest absolute Gasteiger partial charge is 0.388 e. The number of piperazine rings is 1. The van der Waals surface area contributed by atoms with E-state index in [0.717, 1.165) is 50.4 Å². The van der Waals surface area contributed by atoms with Crippen molar-refractivity contribution in [3.8, 4) is 0 Å². The maximum absolute atomic E-state index is 11.8. The van der Waals surface area contributed by atoms with E-state index in [4.69, 9.17) is 0 Å². The first-order chi connectivity index (χ1) is 15.2. The maximum Gasteiger partial charge on any atom is 0.211 e. The first kappa shape index (κ1) is 24.2. The van der Waals surface area contributed by atoms with Crippen molar-refractivity contribution in [2.45, 2.75) is 70.8 Å². The van der Waals surface area contributed by atoms with Gasteiger partial charge in [0.25, 0.3) is 0 Å². The van der Waals surface area contributed by atoms with E-state index in [-0.39, 0.29) is 6.10 Å². The van der Waals surface area contributed by atoms with Gasteiger partial charge < -0.3 is 10.0 Å². The van der Waals surface area contributed by atoms with Gasteiger partial charge >= 0.3 is 0 Å². The van der Waals surface area contributed by atoms with E-state index in [0.29, 0.717) is 24.4 Å². The topological polar surface area (TPSA) is 60.9 Å². The van der Waals surface area contributed by atoms with Crippen LogP contribution in [-0.2, 0) is 10.0 Å². The second-order valence-electron chi connectivity index (χ2n) is 10.8. The Morgan fingerprint density at radius 3 is 2.56 bits per heavy atom. The minimum absolute atomic E-state index is 0.361. The average molecular weight is 463 g/mol. The smallest absolute Gasteiger partial charge is 0.211 e. The first-order valence-corrected chi connectivity index (χ1v) is 14.5. The van der Waals surface area contributed by atoms with E-state index >= 15 is 0 Å². The Labute approximate surface area is 195 Å². The average Bonchev–Trinajstić information content (AvgIpc) is 3.09. The molecule has 3 saturated carbocycles. The highest BCUT2D eigenvalue weighted by molar-refractivity contribution is 7.88. The quantitative estimate of drug-likeness (QED) is 0.668. The lowest BCUT2D eigenvalue weighted by Crippen LogP contribution is -2.48. The number of aliphatic hydroxyl groups is 1. The molecule has 32 heavy (non-hydrogen) atoms. The van der Waals surface area contributed by atoms with Gasteiger partial charge in [-0.3, -0.25) is 0 Å². The molecule has 0 spiro atoms. The van der Waals surface area contributed by atoms with Gasteiger partial charge in [0, 0.05) is 26.2 Å². The summed E-state index contributed by atoms with van der Waals surface area (Å²) >= 11 is 0. The number of allylic oxidation sites excluding steroid dienone is 3. The molecule has 3 unspecified atom stereocenters. The van der Waals surface area contributed by atoms with Crippen LogP contribution in [0.15, 0.2) is 35.5 Å². The van der Waals surface area contributed by atoms with Crippen LogP contribution in [0.3, 0.4) is 0 Å². The van der Waals surface area contributed by atoms with E-state index in [1.165, 1.54) is 50.4 Å². The van der Waals surface area contributed by atoms with Crippen molar-refractivity contribution in [3.63, 3.8) is 0 Å². The number of hydrogen-bond donors (Lipinski definition) is 1. The third-order valence-corrected chi connectivity index (χ3v) is 10.3. The minimum atomic E-state index is -3.06. The molecule has 0 aromatic rings. The molecule has 1 N–H and O–H groups in total. The molecular weight excluding hydrogens is 420 g/mol. The van der Waals surface area contributed by atoms with Crippen LogP contribution >= 0.6 is 0 Å². The number of rotatable bonds is 5. The number of fused-ring (bicyclic) bond motifs is 1. The van der Waals surface area contributed by atoms with E-state index < -0.39 is 10.0 Å². The summed E-state index contributed by atoms with van der Waals surface area (Å²) in [6, 6.07) is 0. The molecule has 1 saturated heterocycles. The molecule has 4 rings (SSSR count). The lowest BCUT2D eigenvalue weighted by atomic mass is 9.63. The fourth-order valence-electron chi connectivity index (χ4n) is 6.88. The first-order valence-electron chi connectivity index (χ1n) is 12.6. The van der Waals surface area contributed by atoms with Crippen molar-refractivity contribution in [2.75, 3.05) is 39.0 Å². The van der Waals surface area contributed by atoms with Crippen molar-refractivity contribution < 1.29 is 13.5 Å². The Morgan fingerprint density at radius 2 is 1.84 bits per heavy atom. The summed E-state index contributed by atoms with van der Waals surface area (Å²) in [5, 5.41) is 10.1. The monoisotopic (exact) mass is 462 g/mol. The van der Waals surface area contributed by atoms with Gasteiger partial charge in [-0.25, -0.2) is 8.42 Å². The van der Waals surface area contributed by atoms with Crippen LogP contribution in [0, 0.1) is 17.3 Å². The fraction of sp³-hybridized carbons (Fsp3) is 0.769. The Morgan fingerprint density at radius 1 is 1.09 bits per heavy atom. The van der Waals surface area contributed by atoms with Crippen LogP contribution in [-0.4, -0.2) is 67.8 Å². The van der Waals surface area contributed by atoms with Gasteiger partial charge in [0.2, 0.25) is 10.0 Å². The Hall–Kier alpha value is -0.950. The normalized spacial score (nSPS) is 37.8. The van der Waals surface area contributed by atoms with Gasteiger partial charge in [-0.1, -0.05) is 31.2 Å². The van der Waals surface area contributed by atoms with Crippen LogP contribution in [0.25, 0.3) is 0 Å². The summed E-state index contributed by atoms with van der Waals surface area (Å²) in [5.74, 6) is 1.44. The maximum atomic E-state index is 11.8. The minimum Gasteiger partial charge on any atom is -0.388 e. The molecule has 0 bridgehead atoms. The molecule has 1 aliphatic heterocycles. The lowest BCUT2D eigenvalue weighted by molar-refractivity contribution is 0.108. The second kappa shape index (κ2) is 9.73. The van der Waals surface area contributed by atoms with E-state index in [9.17, 15) is 13.5 Å². The predicted molar refractivity (Wildman–Crippen MR) is 131 cm³/mol. The van der Waals surface area contributed by atoms with Crippen LogP contribution < -0.4 is 0 Å². The molecule has 0 aromatic carbocycles. The van der Waals surface area contributed by atoms with Gasteiger partial charge in [-0.05, 0) is 92.7 Å². The van der Waals surface area contributed by atoms with E-state index in [1.807, 2.05) is 0 Å². The Balaban J connectivity index is 1.36. The Bertz CT molecular complexity index is 870. The van der Waals surface area contributed by atoms with Crippen molar-refractivity contribution >= 4 is 10.0 Å². The van der Waals surface area contributed by atoms with E-state index in [2.05, 4.69) is 30.6 Å². The zero-order chi connectivity index (χ0) is 22.9. The van der Waals surface area contributed by atoms with Crippen LogP contribution in [0.1, 0.15) is 64.7 Å². The molecule has 4 fully saturated rings. The summed E-state index contributed by atoms with van der Waals surface area (Å²) in [5.41, 5.74) is 4.17. The summed E-state index contributed by atoms with van der Waals surface area (Å²) < 4.78 is 25.1. The van der Waals surface area contributed by atoms with Crippen molar-refractivity contribution in [3.05, 3.63) is 35.5 Å². The van der Waals surface area contributed by atoms with Crippen molar-refractivity contribution in [1.82, 2.24) is 9.21 Å². The molecule has 3 aliphatic carbocycles. The van der Waals surface area contributed by atoms with Crippen molar-refractivity contribution in [1.29, 1.82) is 0 Å². The molecule has 6 heteroatoms. The second-order valence-corrected chi connectivity index (χ2v) is 12.8. The number of sulfonamides is 1. The van der Waals surface area contributed by atoms with Gasteiger partial charge in [-0.15, -0.1) is 0 Å². The SMILES string of the molecule is C=C1/C(=C\C=C2/CCCC3(C)C2CC[C@@H]3CCN2CCN(S(C)(=O)=O)CC2)CCCC1O. The molecular formula is C26H42N2O3S. The highest BCUT2D eigenvalue weighted by Gasteiger charge is 2.48. The van der Waals surface area contributed by atoms with Gasteiger partial charge in [-0.2, -0.15) is 4.31 Å². The highest BCUT2D eigenvalue weighted by atomic mass is 32.2. The summed E-state index contributed by atoms with van der Waals surface area (Å²) in [4.78, 5) is 2.46. The molecule has 5 nitrogen and oxygen atoms in total. The van der Waals surface area contributed by atoms with Crippen molar-refractivity contribution in [2.24, 2.45) is 17.3 Å². The number of hydrogen-bond acceptors (Lipinski definition) is 4. The molecule has 1 heterocycles. The standard InChI is InChI=1S/C26H42N2O3S/c1-20-21(6-4-8-25(20)29)9-10-22-7-5-14-26(2)23(11-12-24(22)26)13-15-27-16-18-28(19-17-27)32(3,30)31/h9-10,23-25,29H,1,4-8,11-19H2,2-3H3/b21-9-,22-10+/t23-,24?,25?,26?/m1/s1. The summed E-state index contributed by atoms with van der Waals surface area (Å²) in [7, 11) is -3.06. The molecule has 0 radical (unpaired) electrons. The predicted octanol–water partition coefficient (Wildman–Crippen LogP) is 4.12. The van der Waals surface area contributed by atoms with E-state index in [1.54, 1.807) is 9.88 Å². The summed E-state index contributed by atoms with van der Waals surface area (Å²) in [6.45, 7) is 10.7. The zero-order valence-corrected chi connectivity index (χ0v) is 20.9. The summed E-state index contributed by atoms with van der Waals surface area (Å²) in [6.07, 6.45) is 16.2. The highest BCUT2D eigenvalue weighted by Crippen LogP contribution is 2.58. The molecule has 180 valence electrons. The Kier molecular flexibility index (Phi) is 7.35. The van der Waals surface area contributed by atoms with Crippen LogP contribution in [0.4, 0.5) is 0 Å². The van der Waals surface area contributed by atoms with Gasteiger partial charge in [0.05, 0.1) is 12.4 Å². The lowest BCUT2D eigenvalue weighted by Gasteiger charge is -2.43. The third kappa shape index (κ3) is 5.08. The van der Waals surface area contributed by atoms with Gasteiger partial charge in [0.15, 0.2) is 0 Å². The molecule has 4 aliphatic rings. The van der Waals surface area contributed by atoms with Gasteiger partial charge in [0.1, 0.15) is 0 Å². The zero-order valence-electron chi connectivity index (χ0n) is 20.1. The fourth-order valence-corrected chi connectivity index (χ4v) is 7.70. The molecule has 0 aromatic heterocycles. The van der Waals surface area contributed by atoms with Crippen LogP contribution in [0.5, 0.6) is 0 Å². The molecule has 0 amide bonds. The number of aliphatic hydroxyl groups excluding tert-OH is 1. The van der Waals surface area contributed by atoms with Crippen LogP contribution in [0.2, 0.25) is 0 Å². The number of nitrogens with zero attached hydrogens (tertiary/aromatic N) is 2. The third-order valence-electron chi connectivity index (χ3n) is 8.99. The molecule has 4 atom stereocenters.